The van der Waals surface area contributed by atoms with E-state index in [-0.39, 0.29) is 10.6 Å². The van der Waals surface area contributed by atoms with Crippen LogP contribution in [0.1, 0.15) is 5.56 Å². The van der Waals surface area contributed by atoms with E-state index in [0.717, 1.165) is 0 Å². The van der Waals surface area contributed by atoms with Gasteiger partial charge in [-0.2, -0.15) is 0 Å². The molecule has 2 aromatic rings. The highest BCUT2D eigenvalue weighted by Gasteiger charge is 2.20. The Balaban J connectivity index is 2.46. The Morgan fingerprint density at radius 1 is 1.11 bits per heavy atom. The maximum absolute atomic E-state index is 12.4. The van der Waals surface area contributed by atoms with Crippen LogP contribution in [0.15, 0.2) is 51.8 Å². The fourth-order valence-corrected chi connectivity index (χ4v) is 4.55. The zero-order chi connectivity index (χ0) is 14.0. The van der Waals surface area contributed by atoms with Gasteiger partial charge in [-0.05, 0) is 40.2 Å². The first-order valence-electron chi connectivity index (χ1n) is 5.42. The van der Waals surface area contributed by atoms with Crippen LogP contribution in [0.4, 0.5) is 5.69 Å². The molecule has 0 aliphatic carbocycles. The van der Waals surface area contributed by atoms with Crippen molar-refractivity contribution >= 4 is 43.1 Å². The third kappa shape index (κ3) is 3.11. The number of hydrogen-bond acceptors (Lipinski definition) is 3. The molecule has 0 saturated carbocycles. The number of sulfone groups is 1. The summed E-state index contributed by atoms with van der Waals surface area (Å²) in [6, 6.07) is 11.6. The highest BCUT2D eigenvalue weighted by atomic mass is 79.9. The van der Waals surface area contributed by atoms with E-state index in [1.54, 1.807) is 42.5 Å². The van der Waals surface area contributed by atoms with E-state index in [4.69, 9.17) is 17.3 Å². The second-order valence-electron chi connectivity index (χ2n) is 4.00. The maximum Gasteiger partial charge on any atom is 0.183 e. The Hall–Kier alpha value is -1.04. The van der Waals surface area contributed by atoms with Gasteiger partial charge >= 0.3 is 0 Å². The van der Waals surface area contributed by atoms with Gasteiger partial charge in [-0.25, -0.2) is 8.42 Å². The molecule has 0 aliphatic rings. The molecule has 6 heteroatoms. The largest absolute Gasteiger partial charge is 0.398 e. The van der Waals surface area contributed by atoms with Crippen molar-refractivity contribution in [2.45, 2.75) is 10.6 Å². The number of hydrogen-bond donors (Lipinski definition) is 1. The van der Waals surface area contributed by atoms with Crippen molar-refractivity contribution in [2.24, 2.45) is 0 Å². The summed E-state index contributed by atoms with van der Waals surface area (Å²) in [5.41, 5.74) is 6.59. The zero-order valence-corrected chi connectivity index (χ0v) is 13.0. The minimum Gasteiger partial charge on any atom is -0.398 e. The predicted molar refractivity (Wildman–Crippen MR) is 80.9 cm³/mol. The lowest BCUT2D eigenvalue weighted by Gasteiger charge is -2.10. The van der Waals surface area contributed by atoms with Crippen LogP contribution in [0.5, 0.6) is 0 Å². The van der Waals surface area contributed by atoms with Crippen molar-refractivity contribution in [2.75, 3.05) is 5.73 Å². The van der Waals surface area contributed by atoms with Gasteiger partial charge in [0.05, 0.1) is 10.6 Å². The molecule has 0 bridgehead atoms. The lowest BCUT2D eigenvalue weighted by atomic mass is 10.2. The summed E-state index contributed by atoms with van der Waals surface area (Å²) in [5, 5.41) is 0.357. The third-order valence-corrected chi connectivity index (χ3v) is 5.66. The van der Waals surface area contributed by atoms with E-state index in [9.17, 15) is 8.42 Å². The summed E-state index contributed by atoms with van der Waals surface area (Å²) in [4.78, 5) is 0.231. The van der Waals surface area contributed by atoms with E-state index in [1.807, 2.05) is 0 Å². The molecule has 100 valence electrons. The topological polar surface area (TPSA) is 60.2 Å². The number of nitrogens with two attached hydrogens (primary N) is 1. The second kappa shape index (κ2) is 5.53. The minimum atomic E-state index is -3.50. The normalized spacial score (nSPS) is 11.5. The monoisotopic (exact) mass is 359 g/mol. The second-order valence-corrected chi connectivity index (χ2v) is 7.22. The van der Waals surface area contributed by atoms with E-state index in [2.05, 4.69) is 15.9 Å². The molecule has 0 saturated heterocycles. The van der Waals surface area contributed by atoms with Crippen molar-refractivity contribution in [1.29, 1.82) is 0 Å². The Morgan fingerprint density at radius 3 is 2.42 bits per heavy atom. The van der Waals surface area contributed by atoms with E-state index in [1.165, 1.54) is 0 Å². The van der Waals surface area contributed by atoms with Crippen molar-refractivity contribution in [1.82, 2.24) is 0 Å². The molecule has 3 nitrogen and oxygen atoms in total. The first-order chi connectivity index (χ1) is 8.92. The van der Waals surface area contributed by atoms with Gasteiger partial charge in [0.2, 0.25) is 0 Å². The fraction of sp³-hybridized carbons (Fsp3) is 0.0769. The molecule has 0 atom stereocenters. The molecule has 0 fully saturated rings. The van der Waals surface area contributed by atoms with Crippen LogP contribution in [-0.2, 0) is 15.6 Å². The SMILES string of the molecule is Nc1cccc(Cl)c1CS(=O)(=O)c1ccccc1Br. The summed E-state index contributed by atoms with van der Waals surface area (Å²) < 4.78 is 25.3. The molecule has 0 spiro atoms. The Morgan fingerprint density at radius 2 is 1.79 bits per heavy atom. The van der Waals surface area contributed by atoms with Crippen LogP contribution in [0.2, 0.25) is 5.02 Å². The quantitative estimate of drug-likeness (QED) is 0.850. The van der Waals surface area contributed by atoms with E-state index < -0.39 is 9.84 Å². The van der Waals surface area contributed by atoms with Crippen LogP contribution in [0.25, 0.3) is 0 Å². The van der Waals surface area contributed by atoms with Gasteiger partial charge in [0, 0.05) is 20.7 Å². The van der Waals surface area contributed by atoms with E-state index >= 15 is 0 Å². The van der Waals surface area contributed by atoms with Crippen molar-refractivity contribution in [3.63, 3.8) is 0 Å². The predicted octanol–water partition coefficient (Wildman–Crippen LogP) is 3.66. The number of rotatable bonds is 3. The molecular weight excluding hydrogens is 350 g/mol. The van der Waals surface area contributed by atoms with Crippen LogP contribution in [-0.4, -0.2) is 8.42 Å². The van der Waals surface area contributed by atoms with Crippen LogP contribution in [0, 0.1) is 0 Å². The molecule has 2 aromatic carbocycles. The molecule has 0 unspecified atom stereocenters. The molecule has 2 N–H and O–H groups in total. The van der Waals surface area contributed by atoms with Gasteiger partial charge in [0.15, 0.2) is 9.84 Å². The standard InChI is InChI=1S/C13H11BrClNO2S/c14-10-4-1-2-7-13(10)19(17,18)8-9-11(15)5-3-6-12(9)16/h1-7H,8,16H2. The molecule has 0 aliphatic heterocycles. The Bertz CT molecular complexity index is 696. The number of anilines is 1. The van der Waals surface area contributed by atoms with Gasteiger partial charge in [-0.1, -0.05) is 29.8 Å². The van der Waals surface area contributed by atoms with Gasteiger partial charge < -0.3 is 5.73 Å². The fourth-order valence-electron chi connectivity index (χ4n) is 1.69. The average molecular weight is 361 g/mol. The van der Waals surface area contributed by atoms with Crippen LogP contribution >= 0.6 is 27.5 Å². The first-order valence-corrected chi connectivity index (χ1v) is 8.24. The van der Waals surface area contributed by atoms with E-state index in [0.29, 0.717) is 20.7 Å². The smallest absolute Gasteiger partial charge is 0.183 e. The highest BCUT2D eigenvalue weighted by Crippen LogP contribution is 2.29. The first kappa shape index (κ1) is 14.4. The summed E-state index contributed by atoms with van der Waals surface area (Å²) in [6.07, 6.45) is 0. The molecular formula is C13H11BrClNO2S. The highest BCUT2D eigenvalue weighted by molar-refractivity contribution is 9.10. The molecule has 0 aromatic heterocycles. The lowest BCUT2D eigenvalue weighted by molar-refractivity contribution is 0.595. The van der Waals surface area contributed by atoms with Crippen molar-refractivity contribution in [3.05, 3.63) is 57.5 Å². The van der Waals surface area contributed by atoms with Crippen molar-refractivity contribution in [3.8, 4) is 0 Å². The number of halogens is 2. The number of benzene rings is 2. The van der Waals surface area contributed by atoms with Crippen LogP contribution in [0.3, 0.4) is 0 Å². The van der Waals surface area contributed by atoms with Crippen LogP contribution < -0.4 is 5.73 Å². The molecule has 0 radical (unpaired) electrons. The molecule has 0 amide bonds. The molecule has 0 heterocycles. The number of nitrogen functional groups attached to an aromatic ring is 1. The van der Waals surface area contributed by atoms with Gasteiger partial charge in [-0.15, -0.1) is 0 Å². The minimum absolute atomic E-state index is 0.221. The third-order valence-electron chi connectivity index (χ3n) is 2.66. The van der Waals surface area contributed by atoms with Crippen molar-refractivity contribution < 1.29 is 8.42 Å². The van der Waals surface area contributed by atoms with Gasteiger partial charge in [0.25, 0.3) is 0 Å². The molecule has 19 heavy (non-hydrogen) atoms. The van der Waals surface area contributed by atoms with Gasteiger partial charge in [0.1, 0.15) is 0 Å². The van der Waals surface area contributed by atoms with Gasteiger partial charge in [-0.3, -0.25) is 0 Å². The average Bonchev–Trinajstić information content (AvgIpc) is 2.34. The summed E-state index contributed by atoms with van der Waals surface area (Å²) in [7, 11) is -3.50. The lowest BCUT2D eigenvalue weighted by Crippen LogP contribution is -2.08. The summed E-state index contributed by atoms with van der Waals surface area (Å²) in [5.74, 6) is -0.221. The Labute approximate surface area is 125 Å². The molecule has 2 rings (SSSR count). The summed E-state index contributed by atoms with van der Waals surface area (Å²) in [6.45, 7) is 0. The Kier molecular flexibility index (Phi) is 4.18. The zero-order valence-electron chi connectivity index (χ0n) is 9.81. The summed E-state index contributed by atoms with van der Waals surface area (Å²) >= 11 is 9.25. The maximum atomic E-state index is 12.4.